The van der Waals surface area contributed by atoms with Crippen LogP contribution in [0.2, 0.25) is 0 Å². The zero-order valence-corrected chi connectivity index (χ0v) is 9.81. The fourth-order valence-electron chi connectivity index (χ4n) is 1.39. The van der Waals surface area contributed by atoms with Gasteiger partial charge in [-0.3, -0.25) is 0 Å². The van der Waals surface area contributed by atoms with Crippen molar-refractivity contribution >= 4 is 10.0 Å². The summed E-state index contributed by atoms with van der Waals surface area (Å²) in [5.74, 6) is 0.990. The normalized spacial score (nSPS) is 18.5. The molecule has 0 amide bonds. The molecule has 0 heterocycles. The third-order valence-electron chi connectivity index (χ3n) is 2.75. The Balaban J connectivity index is 2.08. The van der Waals surface area contributed by atoms with Crippen LogP contribution in [0.1, 0.15) is 19.3 Å². The number of sulfonamides is 1. The molecule has 4 nitrogen and oxygen atoms in total. The van der Waals surface area contributed by atoms with Crippen LogP contribution in [0.5, 0.6) is 0 Å². The summed E-state index contributed by atoms with van der Waals surface area (Å²) in [6.07, 6.45) is 3.93. The molecule has 0 aliphatic heterocycles. The quantitative estimate of drug-likeness (QED) is 0.654. The van der Waals surface area contributed by atoms with Crippen molar-refractivity contribution in [1.29, 1.82) is 0 Å². The first-order valence-electron chi connectivity index (χ1n) is 5.13. The van der Waals surface area contributed by atoms with Gasteiger partial charge in [0.15, 0.2) is 0 Å². The molecule has 0 spiro atoms. The zero-order chi connectivity index (χ0) is 10.6. The fourth-order valence-corrected chi connectivity index (χ4v) is 2.15. The van der Waals surface area contributed by atoms with Gasteiger partial charge in [-0.1, -0.05) is 6.42 Å². The maximum absolute atomic E-state index is 11.3. The van der Waals surface area contributed by atoms with Crippen LogP contribution in [0, 0.1) is 5.92 Å². The average molecular weight is 220 g/mol. The predicted octanol–water partition coefficient (Wildman–Crippen LogP) is 0.267. The second-order valence-electron chi connectivity index (χ2n) is 4.10. The van der Waals surface area contributed by atoms with Crippen LogP contribution in [-0.2, 0) is 10.0 Å². The first-order valence-corrected chi connectivity index (χ1v) is 6.74. The first-order chi connectivity index (χ1) is 6.52. The second-order valence-corrected chi connectivity index (χ2v) is 6.40. The molecule has 0 saturated heterocycles. The van der Waals surface area contributed by atoms with Gasteiger partial charge in [0.2, 0.25) is 10.0 Å². The SMILES string of the molecule is CN(C)S(=O)(=O)CCNCC1CCC1. The number of nitrogens with zero attached hydrogens (tertiary/aromatic N) is 1. The molecule has 0 aromatic rings. The van der Waals surface area contributed by atoms with E-state index in [0.29, 0.717) is 6.54 Å². The van der Waals surface area contributed by atoms with Gasteiger partial charge < -0.3 is 5.32 Å². The number of nitrogens with one attached hydrogen (secondary N) is 1. The Labute approximate surface area is 86.7 Å². The summed E-state index contributed by atoms with van der Waals surface area (Å²) < 4.78 is 24.0. The Morgan fingerprint density at radius 2 is 2.00 bits per heavy atom. The maximum Gasteiger partial charge on any atom is 0.214 e. The molecular weight excluding hydrogens is 200 g/mol. The molecule has 1 aliphatic carbocycles. The molecule has 1 rings (SSSR count). The van der Waals surface area contributed by atoms with Crippen molar-refractivity contribution in [2.24, 2.45) is 5.92 Å². The number of rotatable bonds is 6. The van der Waals surface area contributed by atoms with E-state index in [4.69, 9.17) is 0 Å². The van der Waals surface area contributed by atoms with Crippen molar-refractivity contribution in [2.45, 2.75) is 19.3 Å². The summed E-state index contributed by atoms with van der Waals surface area (Å²) in [6, 6.07) is 0. The van der Waals surface area contributed by atoms with E-state index in [-0.39, 0.29) is 5.75 Å². The van der Waals surface area contributed by atoms with E-state index in [2.05, 4.69) is 5.32 Å². The van der Waals surface area contributed by atoms with Gasteiger partial charge in [-0.15, -0.1) is 0 Å². The van der Waals surface area contributed by atoms with E-state index in [1.165, 1.54) is 23.6 Å². The van der Waals surface area contributed by atoms with E-state index >= 15 is 0 Å². The van der Waals surface area contributed by atoms with Gasteiger partial charge in [-0.05, 0) is 25.3 Å². The van der Waals surface area contributed by atoms with Crippen molar-refractivity contribution in [3.63, 3.8) is 0 Å². The molecule has 1 fully saturated rings. The molecule has 1 aliphatic rings. The second kappa shape index (κ2) is 5.09. The molecule has 0 unspecified atom stereocenters. The molecular formula is C9H20N2O2S. The number of hydrogen-bond donors (Lipinski definition) is 1. The molecule has 1 saturated carbocycles. The molecule has 1 N–H and O–H groups in total. The van der Waals surface area contributed by atoms with Crippen LogP contribution in [0.15, 0.2) is 0 Å². The lowest BCUT2D eigenvalue weighted by molar-refractivity contribution is 0.304. The lowest BCUT2D eigenvalue weighted by atomic mass is 9.85. The van der Waals surface area contributed by atoms with Gasteiger partial charge >= 0.3 is 0 Å². The summed E-state index contributed by atoms with van der Waals surface area (Å²) in [7, 11) is 0.127. The van der Waals surface area contributed by atoms with Crippen molar-refractivity contribution < 1.29 is 8.42 Å². The molecule has 0 bridgehead atoms. The average Bonchev–Trinajstić information content (AvgIpc) is 2.00. The highest BCUT2D eigenvalue weighted by atomic mass is 32.2. The first kappa shape index (κ1) is 11.9. The van der Waals surface area contributed by atoms with Gasteiger partial charge in [-0.2, -0.15) is 0 Å². The molecule has 0 aromatic carbocycles. The Morgan fingerprint density at radius 1 is 1.36 bits per heavy atom. The van der Waals surface area contributed by atoms with Crippen molar-refractivity contribution in [2.75, 3.05) is 32.9 Å². The van der Waals surface area contributed by atoms with Crippen LogP contribution in [0.4, 0.5) is 0 Å². The van der Waals surface area contributed by atoms with Crippen LogP contribution in [-0.4, -0.2) is 45.7 Å². The highest BCUT2D eigenvalue weighted by Crippen LogP contribution is 2.24. The minimum absolute atomic E-state index is 0.201. The Hall–Kier alpha value is -0.130. The topological polar surface area (TPSA) is 49.4 Å². The highest BCUT2D eigenvalue weighted by Gasteiger charge is 2.17. The van der Waals surface area contributed by atoms with Crippen molar-refractivity contribution in [3.8, 4) is 0 Å². The third-order valence-corrected chi connectivity index (χ3v) is 4.58. The van der Waals surface area contributed by atoms with Crippen molar-refractivity contribution in [3.05, 3.63) is 0 Å². The Kier molecular flexibility index (Phi) is 4.34. The lowest BCUT2D eigenvalue weighted by Gasteiger charge is -2.25. The molecule has 0 atom stereocenters. The molecule has 5 heteroatoms. The lowest BCUT2D eigenvalue weighted by Crippen LogP contribution is -2.34. The molecule has 84 valence electrons. The van der Waals surface area contributed by atoms with Crippen LogP contribution in [0.25, 0.3) is 0 Å². The monoisotopic (exact) mass is 220 g/mol. The minimum Gasteiger partial charge on any atom is -0.315 e. The number of hydrogen-bond acceptors (Lipinski definition) is 3. The van der Waals surface area contributed by atoms with E-state index in [0.717, 1.165) is 12.5 Å². The summed E-state index contributed by atoms with van der Waals surface area (Å²) >= 11 is 0. The minimum atomic E-state index is -3.01. The third kappa shape index (κ3) is 3.55. The maximum atomic E-state index is 11.3. The van der Waals surface area contributed by atoms with Gasteiger partial charge in [0.1, 0.15) is 0 Å². The van der Waals surface area contributed by atoms with Crippen molar-refractivity contribution in [1.82, 2.24) is 9.62 Å². The van der Waals surface area contributed by atoms with Crippen LogP contribution < -0.4 is 5.32 Å². The van der Waals surface area contributed by atoms with Gasteiger partial charge in [0.25, 0.3) is 0 Å². The smallest absolute Gasteiger partial charge is 0.214 e. The molecule has 0 radical (unpaired) electrons. The van der Waals surface area contributed by atoms with E-state index in [1.54, 1.807) is 14.1 Å². The van der Waals surface area contributed by atoms with E-state index in [9.17, 15) is 8.42 Å². The zero-order valence-electron chi connectivity index (χ0n) is 8.99. The summed E-state index contributed by atoms with van der Waals surface area (Å²) in [5.41, 5.74) is 0. The van der Waals surface area contributed by atoms with Gasteiger partial charge in [-0.25, -0.2) is 12.7 Å². The van der Waals surface area contributed by atoms with Crippen LogP contribution >= 0.6 is 0 Å². The summed E-state index contributed by atoms with van der Waals surface area (Å²) in [5, 5.41) is 3.19. The summed E-state index contributed by atoms with van der Waals surface area (Å²) in [6.45, 7) is 1.54. The largest absolute Gasteiger partial charge is 0.315 e. The van der Waals surface area contributed by atoms with Gasteiger partial charge in [0, 0.05) is 20.6 Å². The van der Waals surface area contributed by atoms with Gasteiger partial charge in [0.05, 0.1) is 5.75 Å². The van der Waals surface area contributed by atoms with E-state index < -0.39 is 10.0 Å². The molecule has 14 heavy (non-hydrogen) atoms. The fraction of sp³-hybridized carbons (Fsp3) is 1.00. The summed E-state index contributed by atoms with van der Waals surface area (Å²) in [4.78, 5) is 0. The van der Waals surface area contributed by atoms with E-state index in [1.807, 2.05) is 0 Å². The van der Waals surface area contributed by atoms with Crippen LogP contribution in [0.3, 0.4) is 0 Å². The predicted molar refractivity (Wildman–Crippen MR) is 57.7 cm³/mol. The Morgan fingerprint density at radius 3 is 2.43 bits per heavy atom. The Bertz CT molecular complexity index is 258. The molecule has 0 aromatic heterocycles. The highest BCUT2D eigenvalue weighted by molar-refractivity contribution is 7.89. The standard InChI is InChI=1S/C9H20N2O2S/c1-11(2)14(12,13)7-6-10-8-9-4-3-5-9/h9-10H,3-8H2,1-2H3.